The molecular formula is C8H16O2. The van der Waals surface area contributed by atoms with E-state index in [2.05, 4.69) is 13.8 Å². The van der Waals surface area contributed by atoms with Crippen molar-refractivity contribution in [3.8, 4) is 0 Å². The average molecular weight is 144 g/mol. The van der Waals surface area contributed by atoms with Gasteiger partial charge in [-0.1, -0.05) is 20.3 Å². The number of rotatable bonds is 2. The van der Waals surface area contributed by atoms with Gasteiger partial charge in [-0.3, -0.25) is 0 Å². The minimum atomic E-state index is -0.213. The van der Waals surface area contributed by atoms with E-state index in [4.69, 9.17) is 4.74 Å². The minimum Gasteiger partial charge on any atom is -0.390 e. The molecule has 1 heterocycles. The van der Waals surface area contributed by atoms with Gasteiger partial charge < -0.3 is 9.84 Å². The highest BCUT2D eigenvalue weighted by atomic mass is 16.5. The largest absolute Gasteiger partial charge is 0.390 e. The molecule has 0 aromatic heterocycles. The zero-order valence-corrected chi connectivity index (χ0v) is 6.71. The first-order valence-corrected chi connectivity index (χ1v) is 4.01. The fourth-order valence-electron chi connectivity index (χ4n) is 1.41. The predicted molar refractivity (Wildman–Crippen MR) is 39.8 cm³/mol. The summed E-state index contributed by atoms with van der Waals surface area (Å²) in [7, 11) is 0. The maximum atomic E-state index is 9.37. The second kappa shape index (κ2) is 3.35. The van der Waals surface area contributed by atoms with Gasteiger partial charge >= 0.3 is 0 Å². The lowest BCUT2D eigenvalue weighted by atomic mass is 9.90. The van der Waals surface area contributed by atoms with Crippen LogP contribution in [0.2, 0.25) is 0 Å². The molecular weight excluding hydrogens is 128 g/mol. The van der Waals surface area contributed by atoms with Gasteiger partial charge in [0.1, 0.15) is 0 Å². The topological polar surface area (TPSA) is 29.5 Å². The molecule has 1 aliphatic rings. The summed E-state index contributed by atoms with van der Waals surface area (Å²) in [5, 5.41) is 9.37. The Hall–Kier alpha value is -0.0800. The lowest BCUT2D eigenvalue weighted by Crippen LogP contribution is -2.23. The third kappa shape index (κ3) is 1.50. The van der Waals surface area contributed by atoms with Gasteiger partial charge in [-0.05, 0) is 5.92 Å². The molecule has 1 unspecified atom stereocenters. The third-order valence-corrected chi connectivity index (χ3v) is 2.47. The molecule has 1 N–H and O–H groups in total. The van der Waals surface area contributed by atoms with Crippen LogP contribution in [-0.4, -0.2) is 24.4 Å². The fraction of sp³-hybridized carbons (Fsp3) is 1.00. The molecule has 0 bridgehead atoms. The summed E-state index contributed by atoms with van der Waals surface area (Å²) in [6.45, 7) is 5.60. The Bertz CT molecular complexity index is 103. The van der Waals surface area contributed by atoms with E-state index in [-0.39, 0.29) is 6.10 Å². The monoisotopic (exact) mass is 144 g/mol. The molecule has 2 heteroatoms. The zero-order chi connectivity index (χ0) is 7.56. The highest BCUT2D eigenvalue weighted by molar-refractivity contribution is 4.77. The van der Waals surface area contributed by atoms with Crippen LogP contribution in [0, 0.1) is 11.8 Å². The van der Waals surface area contributed by atoms with E-state index in [1.54, 1.807) is 0 Å². The third-order valence-electron chi connectivity index (χ3n) is 2.47. The van der Waals surface area contributed by atoms with Crippen molar-refractivity contribution in [2.75, 3.05) is 13.2 Å². The van der Waals surface area contributed by atoms with Crippen LogP contribution in [0.4, 0.5) is 0 Å². The molecule has 0 saturated carbocycles. The first kappa shape index (κ1) is 8.02. The van der Waals surface area contributed by atoms with Crippen LogP contribution < -0.4 is 0 Å². The second-order valence-electron chi connectivity index (χ2n) is 3.15. The van der Waals surface area contributed by atoms with Crippen molar-refractivity contribution in [3.05, 3.63) is 0 Å². The molecule has 60 valence electrons. The first-order valence-electron chi connectivity index (χ1n) is 4.01. The Labute approximate surface area is 62.2 Å². The van der Waals surface area contributed by atoms with Crippen molar-refractivity contribution >= 4 is 0 Å². The van der Waals surface area contributed by atoms with Gasteiger partial charge in [0.2, 0.25) is 0 Å². The SMILES string of the molecule is CCC(C)[C@@H]1COC[C@H]1O. The Morgan fingerprint density at radius 3 is 2.70 bits per heavy atom. The molecule has 1 fully saturated rings. The van der Waals surface area contributed by atoms with Crippen LogP contribution in [0.3, 0.4) is 0 Å². The molecule has 0 radical (unpaired) electrons. The summed E-state index contributed by atoms with van der Waals surface area (Å²) < 4.78 is 5.14. The van der Waals surface area contributed by atoms with E-state index in [1.807, 2.05) is 0 Å². The van der Waals surface area contributed by atoms with E-state index in [1.165, 1.54) is 0 Å². The number of aliphatic hydroxyl groups is 1. The smallest absolute Gasteiger partial charge is 0.0826 e. The van der Waals surface area contributed by atoms with Crippen LogP contribution in [0.25, 0.3) is 0 Å². The number of hydrogen-bond acceptors (Lipinski definition) is 2. The van der Waals surface area contributed by atoms with E-state index in [0.717, 1.165) is 13.0 Å². The van der Waals surface area contributed by atoms with Gasteiger partial charge in [0.15, 0.2) is 0 Å². The maximum Gasteiger partial charge on any atom is 0.0826 e. The molecule has 1 rings (SSSR count). The van der Waals surface area contributed by atoms with Crippen molar-refractivity contribution in [3.63, 3.8) is 0 Å². The molecule has 0 aromatic carbocycles. The van der Waals surface area contributed by atoms with E-state index < -0.39 is 0 Å². The molecule has 0 spiro atoms. The van der Waals surface area contributed by atoms with Crippen molar-refractivity contribution in [1.82, 2.24) is 0 Å². The predicted octanol–water partition coefficient (Wildman–Crippen LogP) is 1.04. The number of aliphatic hydroxyl groups excluding tert-OH is 1. The maximum absolute atomic E-state index is 9.37. The molecule has 1 aliphatic heterocycles. The van der Waals surface area contributed by atoms with Gasteiger partial charge in [0.25, 0.3) is 0 Å². The molecule has 3 atom stereocenters. The Morgan fingerprint density at radius 2 is 2.30 bits per heavy atom. The van der Waals surface area contributed by atoms with Crippen molar-refractivity contribution in [2.45, 2.75) is 26.4 Å². The molecule has 1 saturated heterocycles. The molecule has 10 heavy (non-hydrogen) atoms. The summed E-state index contributed by atoms with van der Waals surface area (Å²) in [6.07, 6.45) is 0.917. The highest BCUT2D eigenvalue weighted by Gasteiger charge is 2.29. The van der Waals surface area contributed by atoms with Gasteiger partial charge in [-0.2, -0.15) is 0 Å². The van der Waals surface area contributed by atoms with Crippen molar-refractivity contribution < 1.29 is 9.84 Å². The van der Waals surface area contributed by atoms with Gasteiger partial charge in [-0.15, -0.1) is 0 Å². The Balaban J connectivity index is 2.38. The number of hydrogen-bond donors (Lipinski definition) is 1. The van der Waals surface area contributed by atoms with E-state index in [0.29, 0.717) is 18.4 Å². The van der Waals surface area contributed by atoms with Crippen LogP contribution in [0.1, 0.15) is 20.3 Å². The second-order valence-corrected chi connectivity index (χ2v) is 3.15. The minimum absolute atomic E-state index is 0.213. The lowest BCUT2D eigenvalue weighted by Gasteiger charge is -2.18. The van der Waals surface area contributed by atoms with Crippen molar-refractivity contribution in [1.29, 1.82) is 0 Å². The Kier molecular flexibility index (Phi) is 2.69. The van der Waals surface area contributed by atoms with Crippen LogP contribution in [0.15, 0.2) is 0 Å². The summed E-state index contributed by atoms with van der Waals surface area (Å²) >= 11 is 0. The first-order chi connectivity index (χ1) is 4.75. The van der Waals surface area contributed by atoms with Crippen LogP contribution in [-0.2, 0) is 4.74 Å². The summed E-state index contributed by atoms with van der Waals surface area (Å²) in [6, 6.07) is 0. The van der Waals surface area contributed by atoms with E-state index in [9.17, 15) is 5.11 Å². The molecule has 0 amide bonds. The quantitative estimate of drug-likeness (QED) is 0.627. The molecule has 2 nitrogen and oxygen atoms in total. The summed E-state index contributed by atoms with van der Waals surface area (Å²) in [5.74, 6) is 0.975. The molecule has 0 aromatic rings. The van der Waals surface area contributed by atoms with Gasteiger partial charge in [0, 0.05) is 5.92 Å². The molecule has 0 aliphatic carbocycles. The van der Waals surface area contributed by atoms with Gasteiger partial charge in [0.05, 0.1) is 19.3 Å². The summed E-state index contributed by atoms with van der Waals surface area (Å²) in [4.78, 5) is 0. The number of ether oxygens (including phenoxy) is 1. The fourth-order valence-corrected chi connectivity index (χ4v) is 1.41. The lowest BCUT2D eigenvalue weighted by molar-refractivity contribution is 0.106. The van der Waals surface area contributed by atoms with Crippen LogP contribution in [0.5, 0.6) is 0 Å². The van der Waals surface area contributed by atoms with Crippen LogP contribution >= 0.6 is 0 Å². The zero-order valence-electron chi connectivity index (χ0n) is 6.71. The highest BCUT2D eigenvalue weighted by Crippen LogP contribution is 2.24. The average Bonchev–Trinajstić information content (AvgIpc) is 2.34. The van der Waals surface area contributed by atoms with E-state index >= 15 is 0 Å². The van der Waals surface area contributed by atoms with Crippen molar-refractivity contribution in [2.24, 2.45) is 11.8 Å². The Morgan fingerprint density at radius 1 is 1.60 bits per heavy atom. The van der Waals surface area contributed by atoms with Gasteiger partial charge in [-0.25, -0.2) is 0 Å². The summed E-state index contributed by atoms with van der Waals surface area (Å²) in [5.41, 5.74) is 0. The standard InChI is InChI=1S/C8H16O2/c1-3-6(2)7-4-10-5-8(7)9/h6-9H,3-5H2,1-2H3/t6?,7-,8+/m0/s1. The normalized spacial score (nSPS) is 36.3.